The molecule has 3 N–H and O–H groups in total. The molecule has 0 aliphatic carbocycles. The van der Waals surface area contributed by atoms with E-state index in [2.05, 4.69) is 27.7 Å². The van der Waals surface area contributed by atoms with E-state index >= 15 is 0 Å². The summed E-state index contributed by atoms with van der Waals surface area (Å²) in [5.41, 5.74) is 6.41. The predicted molar refractivity (Wildman–Crippen MR) is 137 cm³/mol. The summed E-state index contributed by atoms with van der Waals surface area (Å²) in [4.78, 5) is 26.1. The number of fused-ring (bicyclic) bond motifs is 1. The molecule has 3 aromatic rings. The lowest BCUT2D eigenvalue weighted by Gasteiger charge is -2.17. The Morgan fingerprint density at radius 2 is 1.79 bits per heavy atom. The monoisotopic (exact) mass is 475 g/mol. The van der Waals surface area contributed by atoms with Gasteiger partial charge in [0.15, 0.2) is 0 Å². The first-order valence-electron chi connectivity index (χ1n) is 11.0. The van der Waals surface area contributed by atoms with Crippen molar-refractivity contribution in [1.29, 1.82) is 0 Å². The zero-order chi connectivity index (χ0) is 24.2. The minimum Gasteiger partial charge on any atom is -0.481 e. The highest BCUT2D eigenvalue weighted by Gasteiger charge is 2.28. The van der Waals surface area contributed by atoms with E-state index in [1.165, 1.54) is 0 Å². The van der Waals surface area contributed by atoms with Gasteiger partial charge in [0, 0.05) is 29.2 Å². The molecule has 0 radical (unpaired) electrons. The highest BCUT2D eigenvalue weighted by atomic mass is 35.5. The van der Waals surface area contributed by atoms with Crippen LogP contribution in [0.2, 0.25) is 5.02 Å². The number of hydrogen-bond acceptors (Lipinski definition) is 4. The standard InChI is InChI=1S/C27H26ClN3O3/c1-31(2)16-18-4-3-5-21(14-18)29-26(19-9-6-17(7-10-19)8-13-24(32)33)25-22-12-11-20(28)15-23(22)30-27(25)34/h3-7,9-12,14-15,29H,8,13,16H2,1-2H3,(H,30,34)(H,32,33). The van der Waals surface area contributed by atoms with Crippen molar-refractivity contribution in [1.82, 2.24) is 4.90 Å². The first-order chi connectivity index (χ1) is 16.3. The molecule has 0 saturated carbocycles. The number of hydrogen-bond donors (Lipinski definition) is 3. The number of benzene rings is 3. The van der Waals surface area contributed by atoms with Crippen LogP contribution in [0.1, 0.15) is 28.7 Å². The fraction of sp³-hybridized carbons (Fsp3) is 0.185. The Morgan fingerprint density at radius 3 is 2.50 bits per heavy atom. The largest absolute Gasteiger partial charge is 0.481 e. The molecule has 4 rings (SSSR count). The molecule has 1 aliphatic rings. The van der Waals surface area contributed by atoms with Crippen LogP contribution in [-0.4, -0.2) is 36.0 Å². The van der Waals surface area contributed by atoms with Gasteiger partial charge in [-0.2, -0.15) is 0 Å². The number of amides is 1. The number of aliphatic carboxylic acids is 1. The summed E-state index contributed by atoms with van der Waals surface area (Å²) in [6.45, 7) is 0.793. The van der Waals surface area contributed by atoms with Crippen LogP contribution >= 0.6 is 11.6 Å². The second-order valence-electron chi connectivity index (χ2n) is 8.55. The topological polar surface area (TPSA) is 81.7 Å². The summed E-state index contributed by atoms with van der Waals surface area (Å²) in [6, 6.07) is 21.1. The van der Waals surface area contributed by atoms with E-state index in [1.807, 2.05) is 56.6 Å². The van der Waals surface area contributed by atoms with Crippen LogP contribution in [0.15, 0.2) is 66.7 Å². The number of halogens is 1. The summed E-state index contributed by atoms with van der Waals surface area (Å²) in [7, 11) is 4.04. The average Bonchev–Trinajstić information content (AvgIpc) is 3.11. The fourth-order valence-corrected chi connectivity index (χ4v) is 4.19. The van der Waals surface area contributed by atoms with E-state index in [1.54, 1.807) is 12.1 Å². The molecule has 0 atom stereocenters. The van der Waals surface area contributed by atoms with Crippen LogP contribution in [0, 0.1) is 0 Å². The minimum atomic E-state index is -0.830. The summed E-state index contributed by atoms with van der Waals surface area (Å²) < 4.78 is 0. The Morgan fingerprint density at radius 1 is 1.03 bits per heavy atom. The van der Waals surface area contributed by atoms with Gasteiger partial charge in [0.2, 0.25) is 0 Å². The maximum atomic E-state index is 13.1. The first kappa shape index (κ1) is 23.5. The molecule has 0 fully saturated rings. The van der Waals surface area contributed by atoms with E-state index in [-0.39, 0.29) is 12.3 Å². The second kappa shape index (κ2) is 10.1. The van der Waals surface area contributed by atoms with Gasteiger partial charge in [-0.3, -0.25) is 9.59 Å². The van der Waals surface area contributed by atoms with E-state index < -0.39 is 5.97 Å². The molecule has 6 nitrogen and oxygen atoms in total. The molecule has 34 heavy (non-hydrogen) atoms. The van der Waals surface area contributed by atoms with Crippen molar-refractivity contribution < 1.29 is 14.7 Å². The van der Waals surface area contributed by atoms with Crippen LogP contribution in [0.25, 0.3) is 11.3 Å². The van der Waals surface area contributed by atoms with Crippen molar-refractivity contribution in [3.63, 3.8) is 0 Å². The third-order valence-electron chi connectivity index (χ3n) is 5.54. The van der Waals surface area contributed by atoms with Crippen molar-refractivity contribution >= 4 is 46.1 Å². The third-order valence-corrected chi connectivity index (χ3v) is 5.78. The summed E-state index contributed by atoms with van der Waals surface area (Å²) in [5, 5.41) is 15.9. The molecule has 1 heterocycles. The van der Waals surface area contributed by atoms with Crippen molar-refractivity contribution in [3.05, 3.63) is 94.0 Å². The molecule has 0 bridgehead atoms. The van der Waals surface area contributed by atoms with Crippen LogP contribution in [0.3, 0.4) is 0 Å². The first-order valence-corrected chi connectivity index (χ1v) is 11.4. The highest BCUT2D eigenvalue weighted by Crippen LogP contribution is 2.39. The lowest BCUT2D eigenvalue weighted by Crippen LogP contribution is -2.12. The van der Waals surface area contributed by atoms with Crippen molar-refractivity contribution in [2.45, 2.75) is 19.4 Å². The maximum Gasteiger partial charge on any atom is 0.303 e. The van der Waals surface area contributed by atoms with Gasteiger partial charge in [-0.05, 0) is 61.5 Å². The zero-order valence-corrected chi connectivity index (χ0v) is 19.8. The molecular weight excluding hydrogens is 450 g/mol. The SMILES string of the molecule is CN(C)Cc1cccc(NC(=C2C(=O)Nc3cc(Cl)ccc32)c2ccc(CCC(=O)O)cc2)c1. The van der Waals surface area contributed by atoms with Gasteiger partial charge < -0.3 is 20.6 Å². The summed E-state index contributed by atoms with van der Waals surface area (Å²) in [6.07, 6.45) is 0.518. The molecule has 1 aliphatic heterocycles. The van der Waals surface area contributed by atoms with Crippen molar-refractivity contribution in [3.8, 4) is 0 Å². The van der Waals surface area contributed by atoms with Gasteiger partial charge >= 0.3 is 5.97 Å². The summed E-state index contributed by atoms with van der Waals surface area (Å²) in [5.74, 6) is -1.04. The Hall–Kier alpha value is -3.61. The number of aryl methyl sites for hydroxylation is 1. The minimum absolute atomic E-state index is 0.0702. The molecule has 3 aromatic carbocycles. The maximum absolute atomic E-state index is 13.1. The Labute approximate surface area is 203 Å². The number of anilines is 2. The number of carbonyl (C=O) groups excluding carboxylic acids is 1. The highest BCUT2D eigenvalue weighted by molar-refractivity contribution is 6.38. The Balaban J connectivity index is 1.78. The Bertz CT molecular complexity index is 1270. The van der Waals surface area contributed by atoms with Gasteiger partial charge in [0.1, 0.15) is 0 Å². The van der Waals surface area contributed by atoms with Gasteiger partial charge in [0.05, 0.1) is 17.0 Å². The quantitative estimate of drug-likeness (QED) is 0.382. The van der Waals surface area contributed by atoms with Gasteiger partial charge in [-0.1, -0.05) is 54.1 Å². The molecule has 1 amide bonds. The normalized spacial score (nSPS) is 14.1. The molecule has 0 aromatic heterocycles. The smallest absolute Gasteiger partial charge is 0.303 e. The molecule has 0 unspecified atom stereocenters. The molecule has 0 spiro atoms. The number of carbonyl (C=O) groups is 2. The average molecular weight is 476 g/mol. The lowest BCUT2D eigenvalue weighted by atomic mass is 9.98. The van der Waals surface area contributed by atoms with E-state index in [0.29, 0.717) is 28.4 Å². The van der Waals surface area contributed by atoms with Crippen molar-refractivity contribution in [2.24, 2.45) is 0 Å². The van der Waals surface area contributed by atoms with Gasteiger partial charge in [-0.15, -0.1) is 0 Å². The third kappa shape index (κ3) is 5.47. The van der Waals surface area contributed by atoms with Gasteiger partial charge in [0.25, 0.3) is 5.91 Å². The molecular formula is C27H26ClN3O3. The number of carboxylic acids is 1. The molecule has 7 heteroatoms. The molecule has 0 saturated heterocycles. The second-order valence-corrected chi connectivity index (χ2v) is 8.98. The van der Waals surface area contributed by atoms with E-state index in [0.717, 1.165) is 34.5 Å². The van der Waals surface area contributed by atoms with E-state index in [9.17, 15) is 9.59 Å². The number of carboxylic acid groups (broad SMARTS) is 1. The number of rotatable bonds is 8. The fourth-order valence-electron chi connectivity index (χ4n) is 4.02. The van der Waals surface area contributed by atoms with Crippen LogP contribution in [-0.2, 0) is 22.6 Å². The zero-order valence-electron chi connectivity index (χ0n) is 19.1. The van der Waals surface area contributed by atoms with Crippen molar-refractivity contribution in [2.75, 3.05) is 24.7 Å². The van der Waals surface area contributed by atoms with Crippen LogP contribution in [0.5, 0.6) is 0 Å². The van der Waals surface area contributed by atoms with Gasteiger partial charge in [-0.25, -0.2) is 0 Å². The number of nitrogens with one attached hydrogen (secondary N) is 2. The van der Waals surface area contributed by atoms with E-state index in [4.69, 9.17) is 16.7 Å². The molecule has 174 valence electrons. The van der Waals surface area contributed by atoms with Crippen LogP contribution in [0.4, 0.5) is 11.4 Å². The Kier molecular flexibility index (Phi) is 7.01. The number of nitrogens with zero attached hydrogens (tertiary/aromatic N) is 1. The predicted octanol–water partition coefficient (Wildman–Crippen LogP) is 5.35. The summed E-state index contributed by atoms with van der Waals surface area (Å²) >= 11 is 6.14. The lowest BCUT2D eigenvalue weighted by molar-refractivity contribution is -0.137. The van der Waals surface area contributed by atoms with Crippen LogP contribution < -0.4 is 10.6 Å².